The molecule has 0 amide bonds. The molecule has 0 spiro atoms. The molecule has 0 aliphatic heterocycles. The highest BCUT2D eigenvalue weighted by atomic mass is 32.2. The zero-order valence-corrected chi connectivity index (χ0v) is 15.8. The molecule has 26 heavy (non-hydrogen) atoms. The second kappa shape index (κ2) is 7.18. The Morgan fingerprint density at radius 2 is 1.73 bits per heavy atom. The molecule has 9 heteroatoms. The quantitative estimate of drug-likeness (QED) is 0.617. The van der Waals surface area contributed by atoms with E-state index >= 15 is 0 Å². The maximum atomic E-state index is 12.4. The fourth-order valence-corrected chi connectivity index (χ4v) is 4.46. The van der Waals surface area contributed by atoms with E-state index in [1.54, 1.807) is 6.33 Å². The topological polar surface area (TPSA) is 98.1 Å². The van der Waals surface area contributed by atoms with Gasteiger partial charge in [0.2, 0.25) is 10.0 Å². The lowest BCUT2D eigenvalue weighted by Gasteiger charge is -2.09. The van der Waals surface area contributed by atoms with Gasteiger partial charge in [-0.25, -0.2) is 26.5 Å². The minimum atomic E-state index is -3.77. The van der Waals surface area contributed by atoms with Crippen molar-refractivity contribution in [1.82, 2.24) is 14.3 Å². The van der Waals surface area contributed by atoms with Crippen molar-refractivity contribution in [3.8, 4) is 0 Å². The molecule has 0 saturated heterocycles. The van der Waals surface area contributed by atoms with E-state index in [-0.39, 0.29) is 16.3 Å². The number of para-hydroxylation sites is 2. The third-order valence-electron chi connectivity index (χ3n) is 3.94. The molecule has 0 aliphatic rings. The summed E-state index contributed by atoms with van der Waals surface area (Å²) in [6.45, 7) is 0.852. The van der Waals surface area contributed by atoms with Crippen LogP contribution < -0.4 is 4.72 Å². The number of benzene rings is 2. The smallest absolute Gasteiger partial charge is 0.240 e. The van der Waals surface area contributed by atoms with E-state index in [0.717, 1.165) is 17.3 Å². The van der Waals surface area contributed by atoms with Gasteiger partial charge < -0.3 is 4.57 Å². The molecule has 3 rings (SSSR count). The summed E-state index contributed by atoms with van der Waals surface area (Å²) in [5, 5.41) is 0. The van der Waals surface area contributed by atoms with E-state index in [1.807, 2.05) is 28.8 Å². The Bertz CT molecular complexity index is 1140. The molecular formula is C17H19N3O4S2. The SMILES string of the molecule is CS(=O)(=O)c1cccc(S(=O)(=O)NCCCn2cnc3ccccc32)c1. The van der Waals surface area contributed by atoms with Crippen LogP contribution in [0.25, 0.3) is 11.0 Å². The zero-order valence-electron chi connectivity index (χ0n) is 14.2. The van der Waals surface area contributed by atoms with E-state index in [0.29, 0.717) is 13.0 Å². The number of fused-ring (bicyclic) bond motifs is 1. The Morgan fingerprint density at radius 3 is 2.50 bits per heavy atom. The van der Waals surface area contributed by atoms with Crippen LogP contribution in [-0.4, -0.2) is 39.2 Å². The average Bonchev–Trinajstić information content (AvgIpc) is 3.01. The van der Waals surface area contributed by atoms with Gasteiger partial charge in [0.05, 0.1) is 27.2 Å². The molecule has 0 bridgehead atoms. The molecule has 1 aromatic heterocycles. The van der Waals surface area contributed by atoms with Crippen LogP contribution in [-0.2, 0) is 26.4 Å². The molecule has 1 heterocycles. The van der Waals surface area contributed by atoms with Gasteiger partial charge >= 0.3 is 0 Å². The maximum Gasteiger partial charge on any atom is 0.240 e. The van der Waals surface area contributed by atoms with E-state index in [2.05, 4.69) is 9.71 Å². The number of nitrogens with zero attached hydrogens (tertiary/aromatic N) is 2. The first-order valence-corrected chi connectivity index (χ1v) is 11.3. The molecule has 0 unspecified atom stereocenters. The standard InChI is InChI=1S/C17H19N3O4S2/c1-25(21,22)14-6-4-7-15(12-14)26(23,24)19-10-5-11-20-13-18-16-8-2-3-9-17(16)20/h2-4,6-9,12-13,19H,5,10-11H2,1H3. The second-order valence-electron chi connectivity index (χ2n) is 5.93. The van der Waals surface area contributed by atoms with E-state index in [9.17, 15) is 16.8 Å². The molecular weight excluding hydrogens is 374 g/mol. The van der Waals surface area contributed by atoms with E-state index in [4.69, 9.17) is 0 Å². The minimum Gasteiger partial charge on any atom is -0.331 e. The van der Waals surface area contributed by atoms with Gasteiger partial charge in [-0.2, -0.15) is 0 Å². The number of imidazole rings is 1. The molecule has 0 aliphatic carbocycles. The lowest BCUT2D eigenvalue weighted by Crippen LogP contribution is -2.25. The van der Waals surface area contributed by atoms with Gasteiger partial charge in [-0.15, -0.1) is 0 Å². The van der Waals surface area contributed by atoms with Crippen molar-refractivity contribution >= 4 is 30.9 Å². The van der Waals surface area contributed by atoms with Crippen LogP contribution in [0.15, 0.2) is 64.6 Å². The predicted octanol–water partition coefficient (Wildman–Crippen LogP) is 1.81. The number of aromatic nitrogens is 2. The van der Waals surface area contributed by atoms with Gasteiger partial charge in [0.25, 0.3) is 0 Å². The highest BCUT2D eigenvalue weighted by Crippen LogP contribution is 2.16. The molecule has 0 radical (unpaired) electrons. The maximum absolute atomic E-state index is 12.4. The van der Waals surface area contributed by atoms with Crippen LogP contribution in [0, 0.1) is 0 Å². The van der Waals surface area contributed by atoms with Gasteiger partial charge in [-0.1, -0.05) is 18.2 Å². The van der Waals surface area contributed by atoms with Crippen molar-refractivity contribution in [1.29, 1.82) is 0 Å². The second-order valence-corrected chi connectivity index (χ2v) is 9.71. The molecule has 7 nitrogen and oxygen atoms in total. The molecule has 2 aromatic carbocycles. The van der Waals surface area contributed by atoms with E-state index in [1.165, 1.54) is 24.3 Å². The van der Waals surface area contributed by atoms with Crippen LogP contribution in [0.2, 0.25) is 0 Å². The van der Waals surface area contributed by atoms with Crippen molar-refractivity contribution in [2.75, 3.05) is 12.8 Å². The Hall–Kier alpha value is -2.23. The average molecular weight is 393 g/mol. The van der Waals surface area contributed by atoms with Gasteiger partial charge in [0.15, 0.2) is 9.84 Å². The summed E-state index contributed by atoms with van der Waals surface area (Å²) < 4.78 is 52.4. The predicted molar refractivity (Wildman–Crippen MR) is 99.1 cm³/mol. The summed E-state index contributed by atoms with van der Waals surface area (Å²) in [6.07, 6.45) is 3.35. The first-order valence-electron chi connectivity index (χ1n) is 7.97. The summed E-state index contributed by atoms with van der Waals surface area (Å²) in [4.78, 5) is 4.21. The number of aryl methyl sites for hydroxylation is 1. The largest absolute Gasteiger partial charge is 0.331 e. The first-order chi connectivity index (χ1) is 12.3. The zero-order chi connectivity index (χ0) is 18.8. The number of rotatable bonds is 7. The van der Waals surface area contributed by atoms with Crippen molar-refractivity contribution in [3.05, 3.63) is 54.9 Å². The van der Waals surface area contributed by atoms with Crippen LogP contribution in [0.3, 0.4) is 0 Å². The lowest BCUT2D eigenvalue weighted by atomic mass is 10.3. The van der Waals surface area contributed by atoms with Crippen LogP contribution in [0.4, 0.5) is 0 Å². The molecule has 0 saturated carbocycles. The van der Waals surface area contributed by atoms with Crippen LogP contribution in [0.1, 0.15) is 6.42 Å². The summed E-state index contributed by atoms with van der Waals surface area (Å²) >= 11 is 0. The molecule has 138 valence electrons. The number of sulfonamides is 1. The highest BCUT2D eigenvalue weighted by molar-refractivity contribution is 7.91. The molecule has 0 atom stereocenters. The number of hydrogen-bond donors (Lipinski definition) is 1. The summed E-state index contributed by atoms with van der Waals surface area (Å²) in [6, 6.07) is 13.1. The van der Waals surface area contributed by atoms with Crippen molar-refractivity contribution in [3.63, 3.8) is 0 Å². The van der Waals surface area contributed by atoms with Gasteiger partial charge in [0, 0.05) is 19.3 Å². The molecule has 0 fully saturated rings. The fourth-order valence-electron chi connectivity index (χ4n) is 2.60. The fraction of sp³-hybridized carbons (Fsp3) is 0.235. The number of hydrogen-bond acceptors (Lipinski definition) is 5. The third-order valence-corrected chi connectivity index (χ3v) is 6.51. The minimum absolute atomic E-state index is 0.0229. The summed E-state index contributed by atoms with van der Waals surface area (Å²) in [5.74, 6) is 0. The van der Waals surface area contributed by atoms with Crippen molar-refractivity contribution < 1.29 is 16.8 Å². The van der Waals surface area contributed by atoms with Crippen LogP contribution >= 0.6 is 0 Å². The van der Waals surface area contributed by atoms with Crippen molar-refractivity contribution in [2.45, 2.75) is 22.8 Å². The van der Waals surface area contributed by atoms with E-state index < -0.39 is 19.9 Å². The third kappa shape index (κ3) is 4.12. The molecule has 1 N–H and O–H groups in total. The summed E-state index contributed by atoms with van der Waals surface area (Å²) in [5.41, 5.74) is 1.89. The lowest BCUT2D eigenvalue weighted by molar-refractivity contribution is 0.571. The Morgan fingerprint density at radius 1 is 1.00 bits per heavy atom. The Labute approximate surface area is 152 Å². The van der Waals surface area contributed by atoms with Crippen LogP contribution in [0.5, 0.6) is 0 Å². The van der Waals surface area contributed by atoms with Gasteiger partial charge in [0.1, 0.15) is 0 Å². The van der Waals surface area contributed by atoms with Gasteiger partial charge in [-0.05, 0) is 36.8 Å². The highest BCUT2D eigenvalue weighted by Gasteiger charge is 2.16. The first kappa shape index (κ1) is 18.6. The Balaban J connectivity index is 1.64. The summed E-state index contributed by atoms with van der Waals surface area (Å²) in [7, 11) is -7.23. The van der Waals surface area contributed by atoms with Gasteiger partial charge in [-0.3, -0.25) is 0 Å². The normalized spacial score (nSPS) is 12.5. The number of sulfone groups is 1. The monoisotopic (exact) mass is 393 g/mol. The van der Waals surface area contributed by atoms with Crippen molar-refractivity contribution in [2.24, 2.45) is 0 Å². The Kier molecular flexibility index (Phi) is 5.12. The molecule has 3 aromatic rings. The number of nitrogens with one attached hydrogen (secondary N) is 1.